The number of pyridine rings is 1. The molecule has 0 fully saturated rings. The van der Waals surface area contributed by atoms with E-state index in [4.69, 9.17) is 0 Å². The molecule has 0 spiro atoms. The smallest absolute Gasteiger partial charge is 0.0890 e. The van der Waals surface area contributed by atoms with Gasteiger partial charge in [-0.3, -0.25) is 15.0 Å². The molecular weight excluding hydrogens is 328 g/mol. The standard InChI is InChI=1S/C16H15BrN4/c1-18-15(7-11-6-13(17)10-19-9-11)12-2-3-14-16(8-12)21-5-4-20-14/h2-6,8-10,15,18H,7H2,1H3. The fraction of sp³-hybridized carbons (Fsp3) is 0.188. The van der Waals surface area contributed by atoms with Crippen LogP contribution >= 0.6 is 15.9 Å². The molecule has 21 heavy (non-hydrogen) atoms. The SMILES string of the molecule is CNC(Cc1cncc(Br)c1)c1ccc2nccnc2c1. The van der Waals surface area contributed by atoms with Gasteiger partial charge >= 0.3 is 0 Å². The first kappa shape index (κ1) is 14.1. The van der Waals surface area contributed by atoms with E-state index >= 15 is 0 Å². The van der Waals surface area contributed by atoms with Crippen LogP contribution in [0.15, 0.2) is 53.5 Å². The minimum absolute atomic E-state index is 0.215. The fourth-order valence-electron chi connectivity index (χ4n) is 2.39. The van der Waals surface area contributed by atoms with Crippen LogP contribution in [-0.2, 0) is 6.42 Å². The quantitative estimate of drug-likeness (QED) is 0.790. The number of fused-ring (bicyclic) bond motifs is 1. The van der Waals surface area contributed by atoms with Crippen LogP contribution in [0.25, 0.3) is 11.0 Å². The molecule has 0 saturated heterocycles. The third-order valence-corrected chi connectivity index (χ3v) is 3.88. The summed E-state index contributed by atoms with van der Waals surface area (Å²) < 4.78 is 0.999. The van der Waals surface area contributed by atoms with Crippen LogP contribution in [0.4, 0.5) is 0 Å². The molecule has 1 N–H and O–H groups in total. The third kappa shape index (κ3) is 3.25. The highest BCUT2D eigenvalue weighted by atomic mass is 79.9. The monoisotopic (exact) mass is 342 g/mol. The first-order valence-electron chi connectivity index (χ1n) is 6.73. The van der Waals surface area contributed by atoms with Gasteiger partial charge in [-0.2, -0.15) is 0 Å². The van der Waals surface area contributed by atoms with Gasteiger partial charge in [-0.25, -0.2) is 0 Å². The lowest BCUT2D eigenvalue weighted by molar-refractivity contribution is 0.591. The third-order valence-electron chi connectivity index (χ3n) is 3.45. The lowest BCUT2D eigenvalue weighted by atomic mass is 9.99. The Labute approximate surface area is 131 Å². The molecule has 0 amide bonds. The van der Waals surface area contributed by atoms with Crippen molar-refractivity contribution in [1.82, 2.24) is 20.3 Å². The van der Waals surface area contributed by atoms with Crippen molar-refractivity contribution in [3.8, 4) is 0 Å². The Morgan fingerprint density at radius 3 is 2.67 bits per heavy atom. The number of rotatable bonds is 4. The Morgan fingerprint density at radius 1 is 1.10 bits per heavy atom. The van der Waals surface area contributed by atoms with E-state index < -0.39 is 0 Å². The number of nitrogens with zero attached hydrogens (tertiary/aromatic N) is 3. The van der Waals surface area contributed by atoms with E-state index in [1.807, 2.05) is 19.3 Å². The summed E-state index contributed by atoms with van der Waals surface area (Å²) in [5.74, 6) is 0. The van der Waals surface area contributed by atoms with Gasteiger partial charge in [0.1, 0.15) is 0 Å². The molecule has 1 atom stereocenters. The maximum Gasteiger partial charge on any atom is 0.0890 e. The molecule has 0 aliphatic carbocycles. The van der Waals surface area contributed by atoms with Crippen molar-refractivity contribution < 1.29 is 0 Å². The summed E-state index contributed by atoms with van der Waals surface area (Å²) >= 11 is 3.46. The Hall–Kier alpha value is -1.85. The summed E-state index contributed by atoms with van der Waals surface area (Å²) in [6.07, 6.45) is 8.00. The molecule has 0 radical (unpaired) electrons. The van der Waals surface area contributed by atoms with E-state index in [9.17, 15) is 0 Å². The van der Waals surface area contributed by atoms with Crippen molar-refractivity contribution >= 4 is 27.0 Å². The summed E-state index contributed by atoms with van der Waals surface area (Å²) in [5, 5.41) is 3.36. The molecule has 2 heterocycles. The Morgan fingerprint density at radius 2 is 1.90 bits per heavy atom. The van der Waals surface area contributed by atoms with Crippen LogP contribution in [0.2, 0.25) is 0 Å². The van der Waals surface area contributed by atoms with E-state index in [1.54, 1.807) is 18.6 Å². The molecule has 2 aromatic heterocycles. The van der Waals surface area contributed by atoms with Crippen molar-refractivity contribution in [3.63, 3.8) is 0 Å². The number of halogens is 1. The van der Waals surface area contributed by atoms with E-state index in [2.05, 4.69) is 54.4 Å². The molecule has 0 aliphatic heterocycles. The molecule has 0 saturated carbocycles. The number of likely N-dealkylation sites (N-methyl/N-ethyl adjacent to an activating group) is 1. The van der Waals surface area contributed by atoms with Crippen LogP contribution in [0, 0.1) is 0 Å². The van der Waals surface area contributed by atoms with Gasteiger partial charge in [-0.05, 0) is 58.7 Å². The van der Waals surface area contributed by atoms with Crippen LogP contribution in [0.1, 0.15) is 17.2 Å². The number of nitrogens with one attached hydrogen (secondary N) is 1. The zero-order chi connectivity index (χ0) is 14.7. The molecule has 0 bridgehead atoms. The van der Waals surface area contributed by atoms with E-state index in [-0.39, 0.29) is 6.04 Å². The summed E-state index contributed by atoms with van der Waals surface area (Å²) in [4.78, 5) is 12.9. The Kier molecular flexibility index (Phi) is 4.22. The Balaban J connectivity index is 1.90. The van der Waals surface area contributed by atoms with E-state index in [0.717, 1.165) is 21.9 Å². The second kappa shape index (κ2) is 6.28. The molecule has 0 aliphatic rings. The van der Waals surface area contributed by atoms with Gasteiger partial charge in [0.2, 0.25) is 0 Å². The molecule has 106 valence electrons. The van der Waals surface area contributed by atoms with Crippen molar-refractivity contribution in [3.05, 3.63) is 64.7 Å². The highest BCUT2D eigenvalue weighted by Gasteiger charge is 2.11. The Bertz CT molecular complexity index is 760. The van der Waals surface area contributed by atoms with Gasteiger partial charge in [0.05, 0.1) is 11.0 Å². The van der Waals surface area contributed by atoms with Gasteiger partial charge in [-0.1, -0.05) is 6.07 Å². The summed E-state index contributed by atoms with van der Waals surface area (Å²) in [7, 11) is 1.97. The maximum absolute atomic E-state index is 4.37. The first-order chi connectivity index (χ1) is 10.3. The minimum atomic E-state index is 0.215. The second-order valence-electron chi connectivity index (χ2n) is 4.86. The number of aromatic nitrogens is 3. The maximum atomic E-state index is 4.37. The number of benzene rings is 1. The predicted molar refractivity (Wildman–Crippen MR) is 87.0 cm³/mol. The summed E-state index contributed by atoms with van der Waals surface area (Å²) in [5.41, 5.74) is 4.22. The highest BCUT2D eigenvalue weighted by molar-refractivity contribution is 9.10. The van der Waals surface area contributed by atoms with Gasteiger partial charge in [0.25, 0.3) is 0 Å². The van der Waals surface area contributed by atoms with Crippen LogP contribution < -0.4 is 5.32 Å². The van der Waals surface area contributed by atoms with Crippen molar-refractivity contribution in [2.24, 2.45) is 0 Å². The van der Waals surface area contributed by atoms with Gasteiger partial charge in [0.15, 0.2) is 0 Å². The van der Waals surface area contributed by atoms with E-state index in [1.165, 1.54) is 11.1 Å². The van der Waals surface area contributed by atoms with Gasteiger partial charge < -0.3 is 5.32 Å². The molecule has 4 nitrogen and oxygen atoms in total. The zero-order valence-corrected chi connectivity index (χ0v) is 13.2. The molecule has 5 heteroatoms. The number of hydrogen-bond acceptors (Lipinski definition) is 4. The topological polar surface area (TPSA) is 50.7 Å². The average molecular weight is 343 g/mol. The fourth-order valence-corrected chi connectivity index (χ4v) is 2.80. The molecule has 1 aromatic carbocycles. The molecular formula is C16H15BrN4. The predicted octanol–water partition coefficient (Wildman–Crippen LogP) is 3.29. The van der Waals surface area contributed by atoms with Gasteiger partial charge in [0, 0.05) is 35.3 Å². The van der Waals surface area contributed by atoms with Gasteiger partial charge in [-0.15, -0.1) is 0 Å². The second-order valence-corrected chi connectivity index (χ2v) is 5.78. The van der Waals surface area contributed by atoms with Crippen LogP contribution in [0.5, 0.6) is 0 Å². The molecule has 1 unspecified atom stereocenters. The normalized spacial score (nSPS) is 12.5. The largest absolute Gasteiger partial charge is 0.313 e. The van der Waals surface area contributed by atoms with Crippen molar-refractivity contribution in [1.29, 1.82) is 0 Å². The number of hydrogen-bond donors (Lipinski definition) is 1. The average Bonchev–Trinajstić information content (AvgIpc) is 2.52. The minimum Gasteiger partial charge on any atom is -0.313 e. The van der Waals surface area contributed by atoms with Crippen molar-refractivity contribution in [2.45, 2.75) is 12.5 Å². The van der Waals surface area contributed by atoms with E-state index in [0.29, 0.717) is 0 Å². The summed E-state index contributed by atoms with van der Waals surface area (Å²) in [6, 6.07) is 8.52. The lowest BCUT2D eigenvalue weighted by Crippen LogP contribution is -2.19. The van der Waals surface area contributed by atoms with Crippen LogP contribution in [-0.4, -0.2) is 22.0 Å². The zero-order valence-electron chi connectivity index (χ0n) is 11.6. The molecule has 3 aromatic rings. The highest BCUT2D eigenvalue weighted by Crippen LogP contribution is 2.22. The first-order valence-corrected chi connectivity index (χ1v) is 7.53. The van der Waals surface area contributed by atoms with Crippen molar-refractivity contribution in [2.75, 3.05) is 7.05 Å². The van der Waals surface area contributed by atoms with Crippen LogP contribution in [0.3, 0.4) is 0 Å². The summed E-state index contributed by atoms with van der Waals surface area (Å²) in [6.45, 7) is 0. The lowest BCUT2D eigenvalue weighted by Gasteiger charge is -2.17. The molecule has 3 rings (SSSR count).